The van der Waals surface area contributed by atoms with Gasteiger partial charge in [0.05, 0.1) is 17.4 Å². The molecule has 1 aromatic carbocycles. The molecule has 5 nitrogen and oxygen atoms in total. The first-order chi connectivity index (χ1) is 10.0. The van der Waals surface area contributed by atoms with E-state index in [1.54, 1.807) is 31.2 Å². The smallest absolute Gasteiger partial charge is 0.126 e. The number of anilines is 1. The van der Waals surface area contributed by atoms with Gasteiger partial charge in [0.15, 0.2) is 0 Å². The minimum Gasteiger partial charge on any atom is -0.508 e. The SMILES string of the molecule is Cc1cc(NCC(O)c2cccc(O)c2)nc(C)c1C#N. The number of aliphatic hydroxyl groups is 1. The third kappa shape index (κ3) is 3.50. The largest absolute Gasteiger partial charge is 0.508 e. The Bertz CT molecular complexity index is 669. The Kier molecular flexibility index (Phi) is 4.41. The normalized spacial score (nSPS) is 11.7. The Morgan fingerprint density at radius 3 is 2.71 bits per heavy atom. The molecule has 1 aromatic heterocycles. The molecule has 0 saturated carbocycles. The zero-order chi connectivity index (χ0) is 15.4. The first-order valence-electron chi connectivity index (χ1n) is 6.60. The average Bonchev–Trinajstić information content (AvgIpc) is 2.44. The second-order valence-electron chi connectivity index (χ2n) is 4.89. The van der Waals surface area contributed by atoms with Crippen molar-refractivity contribution in [2.45, 2.75) is 20.0 Å². The van der Waals surface area contributed by atoms with E-state index < -0.39 is 6.10 Å². The molecule has 0 spiro atoms. The lowest BCUT2D eigenvalue weighted by Crippen LogP contribution is -2.13. The van der Waals surface area contributed by atoms with Gasteiger partial charge in [-0.1, -0.05) is 12.1 Å². The van der Waals surface area contributed by atoms with Crippen molar-refractivity contribution in [2.75, 3.05) is 11.9 Å². The van der Waals surface area contributed by atoms with Crippen molar-refractivity contribution >= 4 is 5.82 Å². The Morgan fingerprint density at radius 1 is 1.33 bits per heavy atom. The van der Waals surface area contributed by atoms with Crippen molar-refractivity contribution in [2.24, 2.45) is 0 Å². The van der Waals surface area contributed by atoms with Crippen LogP contribution in [0.4, 0.5) is 5.82 Å². The van der Waals surface area contributed by atoms with E-state index in [4.69, 9.17) is 5.26 Å². The molecule has 0 aliphatic heterocycles. The fourth-order valence-electron chi connectivity index (χ4n) is 2.14. The number of aromatic nitrogens is 1. The summed E-state index contributed by atoms with van der Waals surface area (Å²) >= 11 is 0. The van der Waals surface area contributed by atoms with Gasteiger partial charge in [0.2, 0.25) is 0 Å². The molecule has 21 heavy (non-hydrogen) atoms. The van der Waals surface area contributed by atoms with Crippen LogP contribution in [0.2, 0.25) is 0 Å². The zero-order valence-electron chi connectivity index (χ0n) is 12.0. The van der Waals surface area contributed by atoms with Crippen molar-refractivity contribution in [1.82, 2.24) is 4.98 Å². The van der Waals surface area contributed by atoms with Gasteiger partial charge in [-0.2, -0.15) is 5.26 Å². The van der Waals surface area contributed by atoms with Crippen molar-refractivity contribution in [3.05, 3.63) is 52.7 Å². The van der Waals surface area contributed by atoms with Gasteiger partial charge in [0.1, 0.15) is 17.6 Å². The van der Waals surface area contributed by atoms with Gasteiger partial charge in [-0.05, 0) is 43.2 Å². The monoisotopic (exact) mass is 283 g/mol. The van der Waals surface area contributed by atoms with E-state index in [1.165, 1.54) is 6.07 Å². The van der Waals surface area contributed by atoms with Crippen LogP contribution in [0.3, 0.4) is 0 Å². The molecule has 5 heteroatoms. The van der Waals surface area contributed by atoms with Crippen LogP contribution in [0.5, 0.6) is 5.75 Å². The van der Waals surface area contributed by atoms with Gasteiger partial charge in [0, 0.05) is 6.54 Å². The molecule has 1 heterocycles. The van der Waals surface area contributed by atoms with Crippen LogP contribution in [-0.4, -0.2) is 21.7 Å². The summed E-state index contributed by atoms with van der Waals surface area (Å²) in [5, 5.41) is 31.5. The Morgan fingerprint density at radius 2 is 2.10 bits per heavy atom. The van der Waals surface area contributed by atoms with Crippen molar-refractivity contribution in [3.63, 3.8) is 0 Å². The topological polar surface area (TPSA) is 89.2 Å². The number of benzene rings is 1. The fraction of sp³-hybridized carbons (Fsp3) is 0.250. The van der Waals surface area contributed by atoms with E-state index in [9.17, 15) is 10.2 Å². The molecule has 3 N–H and O–H groups in total. The summed E-state index contributed by atoms with van der Waals surface area (Å²) in [7, 11) is 0. The molecule has 2 aromatic rings. The van der Waals surface area contributed by atoms with E-state index in [1.807, 2.05) is 6.92 Å². The number of pyridine rings is 1. The van der Waals surface area contributed by atoms with Crippen molar-refractivity contribution in [3.8, 4) is 11.8 Å². The predicted octanol–water partition coefficient (Wildman–Crippen LogP) is 2.42. The van der Waals surface area contributed by atoms with Crippen LogP contribution < -0.4 is 5.32 Å². The Hall–Kier alpha value is -2.58. The lowest BCUT2D eigenvalue weighted by Gasteiger charge is -2.14. The molecular weight excluding hydrogens is 266 g/mol. The molecule has 0 saturated heterocycles. The van der Waals surface area contributed by atoms with Gasteiger partial charge >= 0.3 is 0 Å². The van der Waals surface area contributed by atoms with Gasteiger partial charge in [-0.15, -0.1) is 0 Å². The lowest BCUT2D eigenvalue weighted by molar-refractivity contribution is 0.191. The van der Waals surface area contributed by atoms with Crippen LogP contribution in [-0.2, 0) is 0 Å². The first-order valence-corrected chi connectivity index (χ1v) is 6.60. The number of nitrogens with zero attached hydrogens (tertiary/aromatic N) is 2. The molecule has 1 unspecified atom stereocenters. The van der Waals surface area contributed by atoms with Gasteiger partial charge in [0.25, 0.3) is 0 Å². The Balaban J connectivity index is 2.08. The van der Waals surface area contributed by atoms with Crippen molar-refractivity contribution < 1.29 is 10.2 Å². The molecule has 108 valence electrons. The average molecular weight is 283 g/mol. The lowest BCUT2D eigenvalue weighted by atomic mass is 10.1. The second-order valence-corrected chi connectivity index (χ2v) is 4.89. The molecule has 0 fully saturated rings. The number of phenolic OH excluding ortho intramolecular Hbond substituents is 1. The predicted molar refractivity (Wildman–Crippen MR) is 80.0 cm³/mol. The quantitative estimate of drug-likeness (QED) is 0.802. The first kappa shape index (κ1) is 14.8. The molecule has 0 aliphatic rings. The van der Waals surface area contributed by atoms with Crippen LogP contribution in [0.15, 0.2) is 30.3 Å². The maximum atomic E-state index is 10.1. The van der Waals surface area contributed by atoms with Gasteiger partial charge in [-0.25, -0.2) is 4.98 Å². The number of phenols is 1. The highest BCUT2D eigenvalue weighted by molar-refractivity contribution is 5.48. The summed E-state index contributed by atoms with van der Waals surface area (Å²) in [6.45, 7) is 3.90. The number of aliphatic hydroxyl groups excluding tert-OH is 1. The zero-order valence-corrected chi connectivity index (χ0v) is 12.0. The van der Waals surface area contributed by atoms with Crippen LogP contribution in [0.25, 0.3) is 0 Å². The number of aromatic hydroxyl groups is 1. The maximum Gasteiger partial charge on any atom is 0.126 e. The van der Waals surface area contributed by atoms with Crippen LogP contribution >= 0.6 is 0 Å². The van der Waals surface area contributed by atoms with E-state index >= 15 is 0 Å². The molecule has 2 rings (SSSR count). The molecule has 0 amide bonds. The Labute approximate surface area is 123 Å². The van der Waals surface area contributed by atoms with E-state index in [-0.39, 0.29) is 12.3 Å². The molecule has 0 radical (unpaired) electrons. The molecular formula is C16H17N3O2. The highest BCUT2D eigenvalue weighted by atomic mass is 16.3. The van der Waals surface area contributed by atoms with E-state index in [2.05, 4.69) is 16.4 Å². The van der Waals surface area contributed by atoms with Gasteiger partial charge < -0.3 is 15.5 Å². The van der Waals surface area contributed by atoms with Crippen LogP contribution in [0.1, 0.15) is 28.5 Å². The minimum atomic E-state index is -0.754. The second kappa shape index (κ2) is 6.25. The third-order valence-electron chi connectivity index (χ3n) is 3.24. The van der Waals surface area contributed by atoms with E-state index in [0.29, 0.717) is 22.6 Å². The number of rotatable bonds is 4. The standard InChI is InChI=1S/C16H17N3O2/c1-10-6-16(19-11(2)14(10)8-17)18-9-15(21)12-4-3-5-13(20)7-12/h3-7,15,20-21H,9H2,1-2H3,(H,18,19). The van der Waals surface area contributed by atoms with E-state index in [0.717, 1.165) is 5.56 Å². The highest BCUT2D eigenvalue weighted by Crippen LogP contribution is 2.20. The summed E-state index contributed by atoms with van der Waals surface area (Å²) in [6, 6.07) is 10.4. The minimum absolute atomic E-state index is 0.120. The fourth-order valence-corrected chi connectivity index (χ4v) is 2.14. The number of nitriles is 1. The third-order valence-corrected chi connectivity index (χ3v) is 3.24. The summed E-state index contributed by atoms with van der Waals surface area (Å²) in [4.78, 5) is 4.29. The summed E-state index contributed by atoms with van der Waals surface area (Å²) < 4.78 is 0. The number of hydrogen-bond acceptors (Lipinski definition) is 5. The van der Waals surface area contributed by atoms with Crippen LogP contribution in [0, 0.1) is 25.2 Å². The highest BCUT2D eigenvalue weighted by Gasteiger charge is 2.10. The molecule has 0 bridgehead atoms. The molecule has 0 aliphatic carbocycles. The summed E-state index contributed by atoms with van der Waals surface area (Å²) in [6.07, 6.45) is -0.754. The van der Waals surface area contributed by atoms with Gasteiger partial charge in [-0.3, -0.25) is 0 Å². The number of hydrogen-bond donors (Lipinski definition) is 3. The summed E-state index contributed by atoms with van der Waals surface area (Å²) in [5.41, 5.74) is 2.71. The maximum absolute atomic E-state index is 10.1. The summed E-state index contributed by atoms with van der Waals surface area (Å²) in [5.74, 6) is 0.734. The number of nitrogens with one attached hydrogen (secondary N) is 1. The van der Waals surface area contributed by atoms with Crippen molar-refractivity contribution in [1.29, 1.82) is 5.26 Å². The number of aryl methyl sites for hydroxylation is 2. The molecule has 1 atom stereocenters.